The SMILES string of the molecule is N=CCC=Nc1ccc2c(c1)nc1n2CCN(C2CCC2)CC1. The molecule has 0 amide bonds. The van der Waals surface area contributed by atoms with Crippen LogP contribution in [0.25, 0.3) is 11.0 Å². The summed E-state index contributed by atoms with van der Waals surface area (Å²) in [4.78, 5) is 11.9. The number of fused-ring (bicyclic) bond motifs is 3. The summed E-state index contributed by atoms with van der Waals surface area (Å²) in [7, 11) is 0. The van der Waals surface area contributed by atoms with Gasteiger partial charge in [0.15, 0.2) is 0 Å². The third-order valence-corrected chi connectivity index (χ3v) is 5.10. The lowest BCUT2D eigenvalue weighted by atomic mass is 9.91. The van der Waals surface area contributed by atoms with Gasteiger partial charge in [-0.15, -0.1) is 0 Å². The Morgan fingerprint density at radius 3 is 2.96 bits per heavy atom. The van der Waals surface area contributed by atoms with E-state index in [1.807, 2.05) is 6.07 Å². The topological polar surface area (TPSA) is 57.3 Å². The number of nitrogens with one attached hydrogen (secondary N) is 1. The fourth-order valence-electron chi connectivity index (χ4n) is 3.60. The summed E-state index contributed by atoms with van der Waals surface area (Å²) in [5.41, 5.74) is 3.19. The molecule has 1 aromatic carbocycles. The van der Waals surface area contributed by atoms with Crippen LogP contribution < -0.4 is 0 Å². The molecule has 1 aliphatic carbocycles. The standard InChI is InChI=1S/C18H23N5/c19-8-2-9-20-14-5-6-17-16(13-14)21-18-7-10-22(11-12-23(17)18)15-3-1-4-15/h5-6,8-9,13,15,19H,1-4,7,10-12H2. The summed E-state index contributed by atoms with van der Waals surface area (Å²) in [5, 5.41) is 7.04. The van der Waals surface area contributed by atoms with Crippen molar-refractivity contribution < 1.29 is 0 Å². The molecule has 0 atom stereocenters. The predicted molar refractivity (Wildman–Crippen MR) is 94.2 cm³/mol. The van der Waals surface area contributed by atoms with Crippen LogP contribution >= 0.6 is 0 Å². The normalized spacial score (nSPS) is 19.7. The van der Waals surface area contributed by atoms with Crippen molar-refractivity contribution in [3.05, 3.63) is 24.0 Å². The lowest BCUT2D eigenvalue weighted by Gasteiger charge is -2.36. The van der Waals surface area contributed by atoms with Crippen LogP contribution in [0, 0.1) is 5.41 Å². The summed E-state index contributed by atoms with van der Waals surface area (Å²) >= 11 is 0. The average Bonchev–Trinajstić information content (AvgIpc) is 2.73. The molecule has 0 saturated heterocycles. The number of hydrogen-bond acceptors (Lipinski definition) is 4. The molecular formula is C18H23N5. The zero-order valence-corrected chi connectivity index (χ0v) is 13.4. The molecule has 0 bridgehead atoms. The second-order valence-corrected chi connectivity index (χ2v) is 6.47. The molecule has 4 rings (SSSR count). The third-order valence-electron chi connectivity index (χ3n) is 5.10. The highest BCUT2D eigenvalue weighted by Gasteiger charge is 2.27. The van der Waals surface area contributed by atoms with Crippen LogP contribution in [0.2, 0.25) is 0 Å². The zero-order chi connectivity index (χ0) is 15.6. The Morgan fingerprint density at radius 2 is 2.17 bits per heavy atom. The van der Waals surface area contributed by atoms with Crippen molar-refractivity contribution in [2.24, 2.45) is 4.99 Å². The third kappa shape index (κ3) is 2.81. The van der Waals surface area contributed by atoms with E-state index in [0.717, 1.165) is 43.3 Å². The number of aromatic nitrogens is 2. The summed E-state index contributed by atoms with van der Waals surface area (Å²) < 4.78 is 2.39. The van der Waals surface area contributed by atoms with Crippen molar-refractivity contribution in [2.45, 2.75) is 44.7 Å². The minimum atomic E-state index is 0.578. The molecule has 2 heterocycles. The van der Waals surface area contributed by atoms with Crippen molar-refractivity contribution in [1.82, 2.24) is 14.5 Å². The van der Waals surface area contributed by atoms with Crippen LogP contribution in [0.1, 0.15) is 31.5 Å². The van der Waals surface area contributed by atoms with Gasteiger partial charge < -0.3 is 9.98 Å². The number of aliphatic imine (C=N–C) groups is 1. The van der Waals surface area contributed by atoms with E-state index in [0.29, 0.717) is 6.42 Å². The summed E-state index contributed by atoms with van der Waals surface area (Å²) in [6, 6.07) is 7.07. The summed E-state index contributed by atoms with van der Waals surface area (Å²) in [5.74, 6) is 1.21. The van der Waals surface area contributed by atoms with Crippen LogP contribution in [0.4, 0.5) is 5.69 Å². The highest BCUT2D eigenvalue weighted by atomic mass is 15.2. The van der Waals surface area contributed by atoms with Crippen LogP contribution in [0.3, 0.4) is 0 Å². The van der Waals surface area contributed by atoms with Gasteiger partial charge in [-0.1, -0.05) is 6.42 Å². The van der Waals surface area contributed by atoms with Gasteiger partial charge in [0.25, 0.3) is 0 Å². The Balaban J connectivity index is 1.57. The molecule has 5 nitrogen and oxygen atoms in total. The van der Waals surface area contributed by atoms with Gasteiger partial charge in [-0.25, -0.2) is 4.98 Å². The molecule has 0 unspecified atom stereocenters. The number of benzene rings is 1. The van der Waals surface area contributed by atoms with Crippen LogP contribution in [0.15, 0.2) is 23.2 Å². The smallest absolute Gasteiger partial charge is 0.111 e. The molecule has 2 aliphatic rings. The van der Waals surface area contributed by atoms with Crippen LogP contribution in [-0.4, -0.2) is 46.0 Å². The van der Waals surface area contributed by atoms with E-state index >= 15 is 0 Å². The van der Waals surface area contributed by atoms with Crippen molar-refractivity contribution in [1.29, 1.82) is 5.41 Å². The Morgan fingerprint density at radius 1 is 1.26 bits per heavy atom. The van der Waals surface area contributed by atoms with E-state index in [1.165, 1.54) is 36.8 Å². The van der Waals surface area contributed by atoms with Gasteiger partial charge in [-0.05, 0) is 31.0 Å². The van der Waals surface area contributed by atoms with Gasteiger partial charge in [0.05, 0.1) is 16.7 Å². The van der Waals surface area contributed by atoms with Crippen molar-refractivity contribution in [3.63, 3.8) is 0 Å². The molecule has 2 aromatic rings. The maximum absolute atomic E-state index is 7.04. The Kier molecular flexibility index (Phi) is 3.95. The lowest BCUT2D eigenvalue weighted by Crippen LogP contribution is -2.41. The second kappa shape index (κ2) is 6.24. The van der Waals surface area contributed by atoms with Crippen LogP contribution in [-0.2, 0) is 13.0 Å². The molecule has 120 valence electrons. The number of nitrogens with zero attached hydrogens (tertiary/aromatic N) is 4. The first-order valence-electron chi connectivity index (χ1n) is 8.60. The highest BCUT2D eigenvalue weighted by molar-refractivity contribution is 5.83. The Hall–Kier alpha value is -2.01. The minimum absolute atomic E-state index is 0.578. The quantitative estimate of drug-likeness (QED) is 0.882. The number of imidazole rings is 1. The van der Waals surface area contributed by atoms with Gasteiger partial charge >= 0.3 is 0 Å². The maximum Gasteiger partial charge on any atom is 0.111 e. The van der Waals surface area contributed by atoms with Crippen molar-refractivity contribution in [2.75, 3.05) is 13.1 Å². The monoisotopic (exact) mass is 309 g/mol. The summed E-state index contributed by atoms with van der Waals surface area (Å²) in [6.07, 6.45) is 8.89. The molecule has 1 N–H and O–H groups in total. The number of rotatable bonds is 4. The average molecular weight is 309 g/mol. The van der Waals surface area contributed by atoms with Gasteiger partial charge in [-0.3, -0.25) is 9.89 Å². The largest absolute Gasteiger partial charge is 0.327 e. The second-order valence-electron chi connectivity index (χ2n) is 6.47. The molecule has 1 aliphatic heterocycles. The molecule has 0 radical (unpaired) electrons. The van der Waals surface area contributed by atoms with E-state index in [2.05, 4.69) is 26.6 Å². The molecule has 1 saturated carbocycles. The van der Waals surface area contributed by atoms with Crippen molar-refractivity contribution >= 4 is 29.1 Å². The molecular weight excluding hydrogens is 286 g/mol. The molecule has 1 aromatic heterocycles. The van der Waals surface area contributed by atoms with E-state index in [4.69, 9.17) is 10.4 Å². The van der Waals surface area contributed by atoms with Crippen LogP contribution in [0.5, 0.6) is 0 Å². The van der Waals surface area contributed by atoms with Gasteiger partial charge in [0.2, 0.25) is 0 Å². The molecule has 23 heavy (non-hydrogen) atoms. The molecule has 0 spiro atoms. The maximum atomic E-state index is 7.04. The minimum Gasteiger partial charge on any atom is -0.327 e. The zero-order valence-electron chi connectivity index (χ0n) is 13.4. The van der Waals surface area contributed by atoms with E-state index in [1.54, 1.807) is 6.21 Å². The van der Waals surface area contributed by atoms with Gasteiger partial charge in [-0.2, -0.15) is 0 Å². The summed E-state index contributed by atoms with van der Waals surface area (Å²) in [6.45, 7) is 3.32. The fourth-order valence-corrected chi connectivity index (χ4v) is 3.60. The van der Waals surface area contributed by atoms with E-state index in [-0.39, 0.29) is 0 Å². The van der Waals surface area contributed by atoms with Gasteiger partial charge in [0.1, 0.15) is 5.82 Å². The fraction of sp³-hybridized carbons (Fsp3) is 0.500. The highest BCUT2D eigenvalue weighted by Crippen LogP contribution is 2.28. The number of hydrogen-bond donors (Lipinski definition) is 1. The van der Waals surface area contributed by atoms with E-state index < -0.39 is 0 Å². The van der Waals surface area contributed by atoms with Crippen molar-refractivity contribution in [3.8, 4) is 0 Å². The molecule has 1 fully saturated rings. The first-order chi connectivity index (χ1) is 11.3. The lowest BCUT2D eigenvalue weighted by molar-refractivity contribution is 0.130. The first kappa shape index (κ1) is 14.6. The van der Waals surface area contributed by atoms with Gasteiger partial charge in [0, 0.05) is 50.9 Å². The Bertz CT molecular complexity index is 741. The first-order valence-corrected chi connectivity index (χ1v) is 8.60. The molecule has 5 heteroatoms. The van der Waals surface area contributed by atoms with E-state index in [9.17, 15) is 0 Å². The predicted octanol–water partition coefficient (Wildman–Crippen LogP) is 3.19. The Labute approximate surface area is 136 Å².